The molecule has 0 aromatic carbocycles. The lowest BCUT2D eigenvalue weighted by Gasteiger charge is -1.89. The Morgan fingerprint density at radius 3 is 3.00 bits per heavy atom. The lowest BCUT2D eigenvalue weighted by atomic mass is 10.3. The van der Waals surface area contributed by atoms with Crippen molar-refractivity contribution >= 4 is 11.9 Å². The fourth-order valence-electron chi connectivity index (χ4n) is 1.18. The number of allylic oxidation sites excluding steroid dienone is 1. The van der Waals surface area contributed by atoms with E-state index in [1.165, 1.54) is 0 Å². The Hall–Kier alpha value is -1.84. The van der Waals surface area contributed by atoms with Crippen molar-refractivity contribution in [2.75, 3.05) is 0 Å². The van der Waals surface area contributed by atoms with E-state index in [-0.39, 0.29) is 0 Å². The molecule has 4 heteroatoms. The standard InChI is InChI=1S/C10H9NO3/c1-7-11-9(10(12)14-7)5-4-8-3-2-6-13-8/h2-3,5-6H,4H2,1H3. The van der Waals surface area contributed by atoms with Crippen molar-refractivity contribution in [2.24, 2.45) is 4.99 Å². The molecule has 0 spiro atoms. The Labute approximate surface area is 80.9 Å². The molecule has 0 unspecified atom stereocenters. The molecule has 1 aliphatic heterocycles. The Kier molecular flexibility index (Phi) is 2.18. The summed E-state index contributed by atoms with van der Waals surface area (Å²) in [6.07, 6.45) is 3.83. The van der Waals surface area contributed by atoms with Crippen LogP contribution in [-0.4, -0.2) is 11.9 Å². The van der Waals surface area contributed by atoms with Gasteiger partial charge in [-0.1, -0.05) is 0 Å². The van der Waals surface area contributed by atoms with Crippen molar-refractivity contribution in [1.29, 1.82) is 0 Å². The Morgan fingerprint density at radius 1 is 1.57 bits per heavy atom. The molecule has 0 radical (unpaired) electrons. The fourth-order valence-corrected chi connectivity index (χ4v) is 1.18. The summed E-state index contributed by atoms with van der Waals surface area (Å²) in [4.78, 5) is 15.0. The molecular formula is C10H9NO3. The highest BCUT2D eigenvalue weighted by atomic mass is 16.6. The van der Waals surface area contributed by atoms with Gasteiger partial charge >= 0.3 is 5.97 Å². The lowest BCUT2D eigenvalue weighted by molar-refractivity contribution is -0.130. The number of cyclic esters (lactones) is 1. The Bertz CT molecular complexity index is 401. The smallest absolute Gasteiger partial charge is 0.363 e. The number of aliphatic imine (C=N–C) groups is 1. The summed E-state index contributed by atoms with van der Waals surface area (Å²) in [6, 6.07) is 3.64. The average molecular weight is 191 g/mol. The molecule has 0 fully saturated rings. The Morgan fingerprint density at radius 2 is 2.43 bits per heavy atom. The van der Waals surface area contributed by atoms with Crippen LogP contribution in [-0.2, 0) is 16.0 Å². The van der Waals surface area contributed by atoms with E-state index in [0.29, 0.717) is 18.0 Å². The van der Waals surface area contributed by atoms with Crippen LogP contribution in [0.25, 0.3) is 0 Å². The molecule has 2 heterocycles. The second-order valence-corrected chi connectivity index (χ2v) is 2.89. The third kappa shape index (κ3) is 1.74. The molecule has 4 nitrogen and oxygen atoms in total. The largest absolute Gasteiger partial charge is 0.469 e. The zero-order chi connectivity index (χ0) is 9.97. The van der Waals surface area contributed by atoms with E-state index in [1.807, 2.05) is 6.07 Å². The second-order valence-electron chi connectivity index (χ2n) is 2.89. The van der Waals surface area contributed by atoms with E-state index in [0.717, 1.165) is 5.76 Å². The molecule has 72 valence electrons. The summed E-state index contributed by atoms with van der Waals surface area (Å²) in [5.41, 5.74) is 0.346. The molecule has 0 amide bonds. The van der Waals surface area contributed by atoms with E-state index in [1.54, 1.807) is 25.3 Å². The number of carbonyl (C=O) groups excluding carboxylic acids is 1. The van der Waals surface area contributed by atoms with Gasteiger partial charge in [0, 0.05) is 13.3 Å². The van der Waals surface area contributed by atoms with Gasteiger partial charge in [-0.25, -0.2) is 9.79 Å². The number of rotatable bonds is 2. The van der Waals surface area contributed by atoms with Crippen LogP contribution in [0.4, 0.5) is 0 Å². The summed E-state index contributed by atoms with van der Waals surface area (Å²) in [5.74, 6) is 0.791. The van der Waals surface area contributed by atoms with Gasteiger partial charge in [-0.2, -0.15) is 0 Å². The van der Waals surface area contributed by atoms with Crippen LogP contribution in [0.3, 0.4) is 0 Å². The van der Waals surface area contributed by atoms with E-state index >= 15 is 0 Å². The maximum absolute atomic E-state index is 11.1. The van der Waals surface area contributed by atoms with E-state index in [4.69, 9.17) is 9.15 Å². The van der Waals surface area contributed by atoms with Crippen molar-refractivity contribution < 1.29 is 13.9 Å². The van der Waals surface area contributed by atoms with Crippen molar-refractivity contribution in [1.82, 2.24) is 0 Å². The summed E-state index contributed by atoms with van der Waals surface area (Å²) in [6.45, 7) is 1.64. The van der Waals surface area contributed by atoms with E-state index < -0.39 is 5.97 Å². The molecule has 0 bridgehead atoms. The minimum absolute atomic E-state index is 0.346. The summed E-state index contributed by atoms with van der Waals surface area (Å²) >= 11 is 0. The van der Waals surface area contributed by atoms with Gasteiger partial charge in [0.25, 0.3) is 0 Å². The van der Waals surface area contributed by atoms with Crippen LogP contribution in [0.1, 0.15) is 12.7 Å². The third-order valence-electron chi connectivity index (χ3n) is 1.80. The van der Waals surface area contributed by atoms with Gasteiger partial charge in [-0.3, -0.25) is 0 Å². The highest BCUT2D eigenvalue weighted by Crippen LogP contribution is 2.12. The third-order valence-corrected chi connectivity index (χ3v) is 1.80. The molecule has 2 rings (SSSR count). The van der Waals surface area contributed by atoms with Crippen LogP contribution in [0.2, 0.25) is 0 Å². The maximum Gasteiger partial charge on any atom is 0.363 e. The normalized spacial score (nSPS) is 18.5. The average Bonchev–Trinajstić information content (AvgIpc) is 2.72. The maximum atomic E-state index is 11.1. The van der Waals surface area contributed by atoms with Crippen molar-refractivity contribution in [2.45, 2.75) is 13.3 Å². The van der Waals surface area contributed by atoms with Gasteiger partial charge in [0.05, 0.1) is 6.26 Å². The van der Waals surface area contributed by atoms with Crippen LogP contribution in [0, 0.1) is 0 Å². The second kappa shape index (κ2) is 3.49. The fraction of sp³-hybridized carbons (Fsp3) is 0.200. The van der Waals surface area contributed by atoms with Crippen LogP contribution < -0.4 is 0 Å². The topological polar surface area (TPSA) is 51.8 Å². The van der Waals surface area contributed by atoms with Crippen molar-refractivity contribution in [3.8, 4) is 0 Å². The highest BCUT2D eigenvalue weighted by Gasteiger charge is 2.19. The number of esters is 1. The number of hydrogen-bond acceptors (Lipinski definition) is 4. The zero-order valence-corrected chi connectivity index (χ0v) is 7.69. The van der Waals surface area contributed by atoms with Crippen molar-refractivity contribution in [3.63, 3.8) is 0 Å². The number of hydrogen-bond donors (Lipinski definition) is 0. The zero-order valence-electron chi connectivity index (χ0n) is 7.69. The quantitative estimate of drug-likeness (QED) is 0.528. The number of nitrogens with zero attached hydrogens (tertiary/aromatic N) is 1. The van der Waals surface area contributed by atoms with Gasteiger partial charge in [-0.05, 0) is 18.2 Å². The first kappa shape index (κ1) is 8.74. The van der Waals surface area contributed by atoms with Crippen molar-refractivity contribution in [3.05, 3.63) is 35.9 Å². The molecule has 1 aromatic rings. The summed E-state index contributed by atoms with van der Waals surface area (Å²) < 4.78 is 9.87. The first-order valence-corrected chi connectivity index (χ1v) is 4.26. The number of furan rings is 1. The monoisotopic (exact) mass is 191 g/mol. The SMILES string of the molecule is CC1=NC(=CCc2ccco2)C(=O)O1. The van der Waals surface area contributed by atoms with E-state index in [2.05, 4.69) is 4.99 Å². The molecule has 1 aliphatic rings. The number of carbonyl (C=O) groups is 1. The highest BCUT2D eigenvalue weighted by molar-refractivity contribution is 6.03. The van der Waals surface area contributed by atoms with Gasteiger partial charge in [0.2, 0.25) is 0 Å². The van der Waals surface area contributed by atoms with Gasteiger partial charge in [0.15, 0.2) is 5.90 Å². The van der Waals surface area contributed by atoms with Crippen LogP contribution in [0.5, 0.6) is 0 Å². The molecule has 0 atom stereocenters. The van der Waals surface area contributed by atoms with E-state index in [9.17, 15) is 4.79 Å². The predicted octanol–water partition coefficient (Wildman–Crippen LogP) is 1.68. The summed E-state index contributed by atoms with van der Waals surface area (Å²) in [7, 11) is 0. The minimum Gasteiger partial charge on any atom is -0.469 e. The van der Waals surface area contributed by atoms with Crippen LogP contribution in [0.15, 0.2) is 39.6 Å². The molecule has 14 heavy (non-hydrogen) atoms. The molecule has 0 N–H and O–H groups in total. The minimum atomic E-state index is -0.394. The lowest BCUT2D eigenvalue weighted by Crippen LogP contribution is -2.00. The molecule has 0 aliphatic carbocycles. The van der Waals surface area contributed by atoms with Crippen LogP contribution >= 0.6 is 0 Å². The summed E-state index contributed by atoms with van der Waals surface area (Å²) in [5, 5.41) is 0. The molecule has 0 saturated carbocycles. The predicted molar refractivity (Wildman–Crippen MR) is 49.7 cm³/mol. The first-order valence-electron chi connectivity index (χ1n) is 4.26. The van der Waals surface area contributed by atoms with Gasteiger partial charge < -0.3 is 9.15 Å². The first-order chi connectivity index (χ1) is 6.75. The molecule has 0 saturated heterocycles. The van der Waals surface area contributed by atoms with Gasteiger partial charge in [0.1, 0.15) is 11.5 Å². The number of ether oxygens (including phenoxy) is 1. The Balaban J connectivity index is 2.09. The molecular weight excluding hydrogens is 182 g/mol. The van der Waals surface area contributed by atoms with Gasteiger partial charge in [-0.15, -0.1) is 0 Å². The molecule has 1 aromatic heterocycles.